The molecule has 0 saturated carbocycles. The number of nitrogens with zero attached hydrogens (tertiary/aromatic N) is 2. The molecule has 2 N–H and O–H groups in total. The van der Waals surface area contributed by atoms with Gasteiger partial charge in [0.1, 0.15) is 6.54 Å². The largest absolute Gasteiger partial charge is 0.493 e. The summed E-state index contributed by atoms with van der Waals surface area (Å²) in [6, 6.07) is 20.4. The Morgan fingerprint density at radius 3 is 2.18 bits per heavy atom. The van der Waals surface area contributed by atoms with Gasteiger partial charge in [0, 0.05) is 20.6 Å². The van der Waals surface area contributed by atoms with Gasteiger partial charge in [-0.15, -0.1) is 0 Å². The second kappa shape index (κ2) is 12.9. The first-order valence-electron chi connectivity index (χ1n) is 11.8. The van der Waals surface area contributed by atoms with Gasteiger partial charge in [-0.1, -0.05) is 36.4 Å². The summed E-state index contributed by atoms with van der Waals surface area (Å²) in [6.07, 6.45) is 0.551. The lowest BCUT2D eigenvalue weighted by Gasteiger charge is -2.27. The molecule has 0 saturated heterocycles. The van der Waals surface area contributed by atoms with E-state index in [1.165, 1.54) is 14.1 Å². The van der Waals surface area contributed by atoms with Gasteiger partial charge in [-0.3, -0.25) is 9.59 Å². The first-order valence-corrected chi connectivity index (χ1v) is 13.2. The summed E-state index contributed by atoms with van der Waals surface area (Å²) in [5, 5.41) is 5.54. The average molecular weight is 541 g/mol. The minimum atomic E-state index is -3.94. The maximum Gasteiger partial charge on any atom is 0.304 e. The standard InChI is InChI=1S/C27H32N4O6S/c1-30(2)38(34,35)31(21-10-6-5-7-11-21)19-26(32)29-23-13-9-8-12-22(23)27(33)28-17-16-20-14-15-24(36-3)25(18-20)37-4/h5-15,18H,16-17,19H2,1-4H3,(H,28,33)(H,29,32). The number of nitrogens with one attached hydrogen (secondary N) is 2. The SMILES string of the molecule is COc1ccc(CCNC(=O)c2ccccc2NC(=O)CN(c2ccccc2)S(=O)(=O)N(C)C)cc1OC. The summed E-state index contributed by atoms with van der Waals surface area (Å²) in [4.78, 5) is 25.9. The van der Waals surface area contributed by atoms with Crippen LogP contribution < -0.4 is 24.4 Å². The molecular weight excluding hydrogens is 508 g/mol. The molecule has 0 aliphatic heterocycles. The Bertz CT molecular complexity index is 1360. The summed E-state index contributed by atoms with van der Waals surface area (Å²) in [7, 11) is 1.97. The number of rotatable bonds is 12. The number of methoxy groups -OCH3 is 2. The maximum atomic E-state index is 13.0. The third-order valence-electron chi connectivity index (χ3n) is 5.66. The molecule has 0 atom stereocenters. The van der Waals surface area contributed by atoms with Gasteiger partial charge in [0.25, 0.3) is 5.91 Å². The number of amides is 2. The number of carbonyl (C=O) groups excluding carboxylic acids is 2. The molecular formula is C27H32N4O6S. The molecule has 10 nitrogen and oxygen atoms in total. The minimum absolute atomic E-state index is 0.259. The van der Waals surface area contributed by atoms with Crippen molar-refractivity contribution in [3.63, 3.8) is 0 Å². The molecule has 0 radical (unpaired) electrons. The van der Waals surface area contributed by atoms with E-state index in [0.717, 1.165) is 14.2 Å². The minimum Gasteiger partial charge on any atom is -0.493 e. The van der Waals surface area contributed by atoms with Crippen LogP contribution in [0.15, 0.2) is 72.8 Å². The third kappa shape index (κ3) is 7.02. The Morgan fingerprint density at radius 2 is 1.53 bits per heavy atom. The summed E-state index contributed by atoms with van der Waals surface area (Å²) in [6.45, 7) is -0.126. The van der Waals surface area contributed by atoms with Gasteiger partial charge in [0.15, 0.2) is 11.5 Å². The van der Waals surface area contributed by atoms with Gasteiger partial charge in [-0.05, 0) is 48.4 Å². The van der Waals surface area contributed by atoms with E-state index in [4.69, 9.17) is 9.47 Å². The highest BCUT2D eigenvalue weighted by atomic mass is 32.2. The van der Waals surface area contributed by atoms with E-state index >= 15 is 0 Å². The highest BCUT2D eigenvalue weighted by molar-refractivity contribution is 7.90. The number of benzene rings is 3. The second-order valence-corrected chi connectivity index (χ2v) is 10.5. The highest BCUT2D eigenvalue weighted by Crippen LogP contribution is 2.27. The monoisotopic (exact) mass is 540 g/mol. The summed E-state index contributed by atoms with van der Waals surface area (Å²) in [5.41, 5.74) is 1.83. The van der Waals surface area contributed by atoms with Gasteiger partial charge in [-0.25, -0.2) is 4.31 Å². The fourth-order valence-corrected chi connectivity index (χ4v) is 4.72. The van der Waals surface area contributed by atoms with Crippen LogP contribution in [0.25, 0.3) is 0 Å². The molecule has 3 aromatic rings. The third-order valence-corrected chi connectivity index (χ3v) is 7.48. The van der Waals surface area contributed by atoms with Crippen molar-refractivity contribution in [1.29, 1.82) is 0 Å². The van der Waals surface area contributed by atoms with E-state index in [1.54, 1.807) is 74.9 Å². The molecule has 3 aromatic carbocycles. The van der Waals surface area contributed by atoms with Crippen molar-refractivity contribution < 1.29 is 27.5 Å². The van der Waals surface area contributed by atoms with Crippen molar-refractivity contribution in [2.24, 2.45) is 0 Å². The fraction of sp³-hybridized carbons (Fsp3) is 0.259. The van der Waals surface area contributed by atoms with Crippen molar-refractivity contribution in [2.75, 3.05) is 51.0 Å². The fourth-order valence-electron chi connectivity index (χ4n) is 3.66. The number of anilines is 2. The average Bonchev–Trinajstić information content (AvgIpc) is 2.92. The number of ether oxygens (including phenoxy) is 2. The first kappa shape index (κ1) is 28.5. The van der Waals surface area contributed by atoms with Crippen LogP contribution in [0.5, 0.6) is 11.5 Å². The molecule has 0 spiro atoms. The van der Waals surface area contributed by atoms with E-state index < -0.39 is 22.7 Å². The topological polar surface area (TPSA) is 117 Å². The quantitative estimate of drug-likeness (QED) is 0.365. The molecule has 0 aliphatic carbocycles. The molecule has 38 heavy (non-hydrogen) atoms. The lowest BCUT2D eigenvalue weighted by atomic mass is 10.1. The van der Waals surface area contributed by atoms with Gasteiger partial charge in [0.2, 0.25) is 5.91 Å². The van der Waals surface area contributed by atoms with Crippen molar-refractivity contribution in [3.05, 3.63) is 83.9 Å². The molecule has 202 valence electrons. The van der Waals surface area contributed by atoms with Crippen LogP contribution in [0.2, 0.25) is 0 Å². The van der Waals surface area contributed by atoms with Crippen LogP contribution in [-0.4, -0.2) is 65.9 Å². The van der Waals surface area contributed by atoms with Crippen LogP contribution in [0.1, 0.15) is 15.9 Å². The Hall–Kier alpha value is -4.09. The Labute approximate surface area is 223 Å². The van der Waals surface area contributed by atoms with Crippen molar-refractivity contribution in [2.45, 2.75) is 6.42 Å². The van der Waals surface area contributed by atoms with Crippen LogP contribution in [-0.2, 0) is 21.4 Å². The van der Waals surface area contributed by atoms with Crippen LogP contribution in [0.4, 0.5) is 11.4 Å². The van der Waals surface area contributed by atoms with E-state index in [2.05, 4.69) is 10.6 Å². The summed E-state index contributed by atoms with van der Waals surface area (Å²) < 4.78 is 38.4. The zero-order valence-corrected chi connectivity index (χ0v) is 22.6. The Balaban J connectivity index is 1.69. The van der Waals surface area contributed by atoms with Crippen LogP contribution >= 0.6 is 0 Å². The van der Waals surface area contributed by atoms with Crippen LogP contribution in [0.3, 0.4) is 0 Å². The Morgan fingerprint density at radius 1 is 0.868 bits per heavy atom. The molecule has 11 heteroatoms. The van der Waals surface area contributed by atoms with Gasteiger partial charge >= 0.3 is 10.2 Å². The Kier molecular flexibility index (Phi) is 9.69. The lowest BCUT2D eigenvalue weighted by molar-refractivity contribution is -0.114. The lowest BCUT2D eigenvalue weighted by Crippen LogP contribution is -2.44. The summed E-state index contributed by atoms with van der Waals surface area (Å²) >= 11 is 0. The zero-order chi connectivity index (χ0) is 27.7. The molecule has 3 rings (SSSR count). The van der Waals surface area contributed by atoms with Crippen molar-refractivity contribution in [1.82, 2.24) is 9.62 Å². The zero-order valence-electron chi connectivity index (χ0n) is 21.8. The number of carbonyl (C=O) groups is 2. The molecule has 2 amide bonds. The van der Waals surface area contributed by atoms with Gasteiger partial charge in [-0.2, -0.15) is 12.7 Å². The normalized spacial score (nSPS) is 11.1. The predicted molar refractivity (Wildman–Crippen MR) is 147 cm³/mol. The van der Waals surface area contributed by atoms with E-state index in [9.17, 15) is 18.0 Å². The number of hydrogen-bond donors (Lipinski definition) is 2. The van der Waals surface area contributed by atoms with Gasteiger partial charge < -0.3 is 20.1 Å². The van der Waals surface area contributed by atoms with Crippen LogP contribution in [0, 0.1) is 0 Å². The molecule has 0 unspecified atom stereocenters. The van der Waals surface area contributed by atoms with Crippen molar-refractivity contribution >= 4 is 33.4 Å². The molecule has 0 aromatic heterocycles. The molecule has 0 heterocycles. The molecule has 0 bridgehead atoms. The maximum absolute atomic E-state index is 13.0. The number of para-hydroxylation sites is 2. The smallest absolute Gasteiger partial charge is 0.304 e. The summed E-state index contributed by atoms with van der Waals surface area (Å²) in [5.74, 6) is 0.256. The highest BCUT2D eigenvalue weighted by Gasteiger charge is 2.27. The predicted octanol–water partition coefficient (Wildman–Crippen LogP) is 2.93. The van der Waals surface area contributed by atoms with E-state index in [1.807, 2.05) is 12.1 Å². The molecule has 0 fully saturated rings. The van der Waals surface area contributed by atoms with Crippen molar-refractivity contribution in [3.8, 4) is 11.5 Å². The second-order valence-electron chi connectivity index (χ2n) is 8.42. The van der Waals surface area contributed by atoms with Gasteiger partial charge in [0.05, 0.1) is 31.2 Å². The molecule has 0 aliphatic rings. The van der Waals surface area contributed by atoms with E-state index in [0.29, 0.717) is 30.2 Å². The number of hydrogen-bond acceptors (Lipinski definition) is 6. The van der Waals surface area contributed by atoms with E-state index in [-0.39, 0.29) is 17.2 Å². The first-order chi connectivity index (χ1) is 18.2.